The van der Waals surface area contributed by atoms with Gasteiger partial charge in [-0.15, -0.1) is 0 Å². The zero-order valence-electron chi connectivity index (χ0n) is 17.8. The molecule has 1 saturated heterocycles. The van der Waals surface area contributed by atoms with Crippen LogP contribution in [-0.2, 0) is 19.6 Å². The average molecular weight is 478 g/mol. The summed E-state index contributed by atoms with van der Waals surface area (Å²) in [6.45, 7) is 4.23. The lowest BCUT2D eigenvalue weighted by atomic mass is 10.1. The quantitative estimate of drug-likeness (QED) is 0.713. The number of sulfonamides is 1. The molecule has 2 aromatic rings. The number of carbonyl (C=O) groups is 2. The summed E-state index contributed by atoms with van der Waals surface area (Å²) in [5.74, 6) is -0.383. The third kappa shape index (κ3) is 4.07. The number of rotatable bonds is 5. The van der Waals surface area contributed by atoms with E-state index >= 15 is 0 Å². The van der Waals surface area contributed by atoms with Gasteiger partial charge in [0.1, 0.15) is 16.7 Å². The van der Waals surface area contributed by atoms with Crippen molar-refractivity contribution in [3.05, 3.63) is 47.0 Å². The van der Waals surface area contributed by atoms with Gasteiger partial charge in [0.2, 0.25) is 15.9 Å². The van der Waals surface area contributed by atoms with Crippen molar-refractivity contribution in [1.29, 1.82) is 0 Å². The largest absolute Gasteiger partial charge is 0.482 e. The standard InChI is InChI=1S/C22H24ClN3O5S/c1-3-25(15-7-4-6-14(2)10-15)22(28)18-8-5-9-26(18)32(29,30)20-12-19-17(11-16(20)23)24-21(27)13-31-19/h4,6-7,10-12,18H,3,5,8-9,13H2,1-2H3,(H,24,27). The molecule has 0 aliphatic carbocycles. The van der Waals surface area contributed by atoms with E-state index in [1.807, 2.05) is 38.1 Å². The highest BCUT2D eigenvalue weighted by Gasteiger charge is 2.42. The topological polar surface area (TPSA) is 96.0 Å². The molecule has 0 radical (unpaired) electrons. The number of nitrogens with one attached hydrogen (secondary N) is 1. The lowest BCUT2D eigenvalue weighted by Crippen LogP contribution is -2.48. The van der Waals surface area contributed by atoms with Gasteiger partial charge in [0.05, 0.1) is 10.7 Å². The van der Waals surface area contributed by atoms with Crippen LogP contribution in [0.3, 0.4) is 0 Å². The molecule has 2 aromatic carbocycles. The van der Waals surface area contributed by atoms with Crippen LogP contribution in [0.5, 0.6) is 5.75 Å². The van der Waals surface area contributed by atoms with Crippen molar-refractivity contribution in [2.45, 2.75) is 37.6 Å². The van der Waals surface area contributed by atoms with Crippen LogP contribution in [0.1, 0.15) is 25.3 Å². The van der Waals surface area contributed by atoms with Crippen molar-refractivity contribution in [3.8, 4) is 5.75 Å². The number of ether oxygens (including phenoxy) is 1. The van der Waals surface area contributed by atoms with E-state index in [2.05, 4.69) is 5.32 Å². The summed E-state index contributed by atoms with van der Waals surface area (Å²) in [7, 11) is -4.08. The minimum Gasteiger partial charge on any atom is -0.482 e. The van der Waals surface area contributed by atoms with Gasteiger partial charge in [-0.3, -0.25) is 9.59 Å². The summed E-state index contributed by atoms with van der Waals surface area (Å²) in [6.07, 6.45) is 0.992. The summed E-state index contributed by atoms with van der Waals surface area (Å²) in [5, 5.41) is 2.56. The number of amides is 2. The number of nitrogens with zero attached hydrogens (tertiary/aromatic N) is 2. The number of halogens is 1. The Hall–Kier alpha value is -2.62. The van der Waals surface area contributed by atoms with Crippen LogP contribution in [0.4, 0.5) is 11.4 Å². The average Bonchev–Trinajstić information content (AvgIpc) is 3.24. The van der Waals surface area contributed by atoms with E-state index in [1.54, 1.807) is 4.90 Å². The molecule has 2 aliphatic rings. The fraction of sp³-hybridized carbons (Fsp3) is 0.364. The van der Waals surface area contributed by atoms with Gasteiger partial charge >= 0.3 is 0 Å². The van der Waals surface area contributed by atoms with E-state index in [0.29, 0.717) is 25.1 Å². The Labute approximate surface area is 192 Å². The van der Waals surface area contributed by atoms with E-state index < -0.39 is 16.1 Å². The molecule has 32 heavy (non-hydrogen) atoms. The fourth-order valence-corrected chi connectivity index (χ4v) is 6.29. The van der Waals surface area contributed by atoms with Crippen molar-refractivity contribution >= 4 is 44.8 Å². The second-order valence-corrected chi connectivity index (χ2v) is 10.1. The number of hydrogen-bond donors (Lipinski definition) is 1. The summed E-state index contributed by atoms with van der Waals surface area (Å²) < 4.78 is 33.7. The molecule has 0 aromatic heterocycles. The monoisotopic (exact) mass is 477 g/mol. The zero-order valence-corrected chi connectivity index (χ0v) is 19.4. The molecule has 2 heterocycles. The maximum absolute atomic E-state index is 13.5. The summed E-state index contributed by atoms with van der Waals surface area (Å²) >= 11 is 6.29. The SMILES string of the molecule is CCN(C(=O)C1CCCN1S(=O)(=O)c1cc2c(cc1Cl)NC(=O)CO2)c1cccc(C)c1. The first kappa shape index (κ1) is 22.6. The molecular formula is C22H24ClN3O5S. The fourth-order valence-electron chi connectivity index (χ4n) is 4.12. The van der Waals surface area contributed by atoms with Gasteiger partial charge in [0.25, 0.3) is 5.91 Å². The molecule has 1 N–H and O–H groups in total. The predicted molar refractivity (Wildman–Crippen MR) is 122 cm³/mol. The van der Waals surface area contributed by atoms with Gasteiger partial charge in [0.15, 0.2) is 6.61 Å². The number of benzene rings is 2. The van der Waals surface area contributed by atoms with E-state index in [1.165, 1.54) is 16.4 Å². The van der Waals surface area contributed by atoms with E-state index in [9.17, 15) is 18.0 Å². The minimum absolute atomic E-state index is 0.0429. The van der Waals surface area contributed by atoms with Crippen LogP contribution in [0.2, 0.25) is 5.02 Å². The van der Waals surface area contributed by atoms with Gasteiger partial charge in [-0.1, -0.05) is 23.7 Å². The molecular weight excluding hydrogens is 454 g/mol. The molecule has 0 saturated carbocycles. The van der Waals surface area contributed by atoms with E-state index in [-0.39, 0.29) is 40.6 Å². The van der Waals surface area contributed by atoms with Crippen molar-refractivity contribution in [2.24, 2.45) is 0 Å². The molecule has 2 aliphatic heterocycles. The first-order valence-electron chi connectivity index (χ1n) is 10.4. The molecule has 0 bridgehead atoms. The third-order valence-corrected chi connectivity index (χ3v) is 8.01. The molecule has 10 heteroatoms. The molecule has 0 spiro atoms. The highest BCUT2D eigenvalue weighted by molar-refractivity contribution is 7.89. The minimum atomic E-state index is -4.08. The highest BCUT2D eigenvalue weighted by atomic mass is 35.5. The smallest absolute Gasteiger partial charge is 0.262 e. The molecule has 170 valence electrons. The van der Waals surface area contributed by atoms with Crippen molar-refractivity contribution in [2.75, 3.05) is 29.9 Å². The third-order valence-electron chi connectivity index (χ3n) is 5.64. The number of hydrogen-bond acceptors (Lipinski definition) is 5. The van der Waals surface area contributed by atoms with Gasteiger partial charge in [-0.2, -0.15) is 4.31 Å². The number of fused-ring (bicyclic) bond motifs is 1. The molecule has 4 rings (SSSR count). The Morgan fingerprint density at radius 3 is 2.81 bits per heavy atom. The van der Waals surface area contributed by atoms with E-state index in [0.717, 1.165) is 11.3 Å². The predicted octanol–water partition coefficient (Wildman–Crippen LogP) is 3.19. The van der Waals surface area contributed by atoms with Gasteiger partial charge < -0.3 is 15.0 Å². The van der Waals surface area contributed by atoms with Crippen LogP contribution in [0, 0.1) is 6.92 Å². The Morgan fingerprint density at radius 2 is 2.09 bits per heavy atom. The molecule has 1 fully saturated rings. The number of aryl methyl sites for hydroxylation is 1. The summed E-state index contributed by atoms with van der Waals surface area (Å²) in [6, 6.07) is 9.40. The maximum Gasteiger partial charge on any atom is 0.262 e. The first-order valence-corrected chi connectivity index (χ1v) is 12.2. The Bertz CT molecular complexity index is 1180. The van der Waals surface area contributed by atoms with Gasteiger partial charge in [0, 0.05) is 24.8 Å². The molecule has 2 amide bonds. The van der Waals surface area contributed by atoms with Crippen molar-refractivity contribution in [1.82, 2.24) is 4.31 Å². The molecule has 8 nitrogen and oxygen atoms in total. The van der Waals surface area contributed by atoms with Gasteiger partial charge in [-0.05, 0) is 50.5 Å². The highest BCUT2D eigenvalue weighted by Crippen LogP contribution is 2.38. The van der Waals surface area contributed by atoms with Gasteiger partial charge in [-0.25, -0.2) is 8.42 Å². The lowest BCUT2D eigenvalue weighted by molar-refractivity contribution is -0.121. The summed E-state index contributed by atoms with van der Waals surface area (Å²) in [4.78, 5) is 26.4. The van der Waals surface area contributed by atoms with Crippen molar-refractivity contribution < 1.29 is 22.7 Å². The Balaban J connectivity index is 1.67. The Kier molecular flexibility index (Phi) is 6.15. The second kappa shape index (κ2) is 8.73. The zero-order chi connectivity index (χ0) is 23.0. The van der Waals surface area contributed by atoms with Crippen LogP contribution in [0.15, 0.2) is 41.3 Å². The number of anilines is 2. The van der Waals surface area contributed by atoms with E-state index in [4.69, 9.17) is 16.3 Å². The number of carbonyl (C=O) groups excluding carboxylic acids is 2. The van der Waals surface area contributed by atoms with Crippen LogP contribution < -0.4 is 15.0 Å². The number of likely N-dealkylation sites (N-methyl/N-ethyl adjacent to an activating group) is 1. The van der Waals surface area contributed by atoms with Crippen LogP contribution in [0.25, 0.3) is 0 Å². The van der Waals surface area contributed by atoms with Crippen LogP contribution >= 0.6 is 11.6 Å². The lowest BCUT2D eigenvalue weighted by Gasteiger charge is -2.30. The Morgan fingerprint density at radius 1 is 1.31 bits per heavy atom. The maximum atomic E-state index is 13.5. The van der Waals surface area contributed by atoms with Crippen LogP contribution in [-0.4, -0.2) is 50.3 Å². The second-order valence-electron chi connectivity index (χ2n) is 7.81. The van der Waals surface area contributed by atoms with Crippen molar-refractivity contribution in [3.63, 3.8) is 0 Å². The molecule has 1 unspecified atom stereocenters. The summed E-state index contributed by atoms with van der Waals surface area (Å²) in [5.41, 5.74) is 2.06. The normalized spacial score (nSPS) is 18.6. The first-order chi connectivity index (χ1) is 15.2. The molecule has 1 atom stereocenters.